The minimum absolute atomic E-state index is 0.146. The maximum absolute atomic E-state index is 11.5. The van der Waals surface area contributed by atoms with Crippen molar-refractivity contribution in [2.24, 2.45) is 10.9 Å². The largest absolute Gasteiger partial charge is 0.359 e. The van der Waals surface area contributed by atoms with Crippen LogP contribution < -0.4 is 10.6 Å². The van der Waals surface area contributed by atoms with Gasteiger partial charge in [-0.3, -0.25) is 4.79 Å². The summed E-state index contributed by atoms with van der Waals surface area (Å²) >= 11 is 1.75. The lowest BCUT2D eigenvalue weighted by molar-refractivity contribution is -0.121. The highest BCUT2D eigenvalue weighted by molar-refractivity contribution is 7.98. The van der Waals surface area contributed by atoms with Gasteiger partial charge in [0.25, 0.3) is 0 Å². The number of rotatable bonds is 6. The second kappa shape index (κ2) is 10.3. The van der Waals surface area contributed by atoms with Crippen LogP contribution in [0.3, 0.4) is 0 Å². The fraction of sp³-hybridized carbons (Fsp3) is 0.579. The van der Waals surface area contributed by atoms with Crippen LogP contribution in [0.15, 0.2) is 34.2 Å². The monoisotopic (exact) mass is 362 g/mol. The Morgan fingerprint density at radius 2 is 1.96 bits per heavy atom. The summed E-state index contributed by atoms with van der Waals surface area (Å²) in [4.78, 5) is 19.9. The maximum atomic E-state index is 11.5. The minimum atomic E-state index is 0.146. The molecule has 1 aromatic rings. The molecular weight excluding hydrogens is 332 g/mol. The molecule has 1 fully saturated rings. The predicted molar refractivity (Wildman–Crippen MR) is 106 cm³/mol. The van der Waals surface area contributed by atoms with Gasteiger partial charge in [0.1, 0.15) is 0 Å². The van der Waals surface area contributed by atoms with Gasteiger partial charge in [-0.15, -0.1) is 11.8 Å². The van der Waals surface area contributed by atoms with Crippen LogP contribution in [0.25, 0.3) is 0 Å². The van der Waals surface area contributed by atoms with Crippen LogP contribution in [-0.4, -0.2) is 49.7 Å². The van der Waals surface area contributed by atoms with Crippen molar-refractivity contribution in [1.82, 2.24) is 15.5 Å². The number of carbonyl (C=O) groups is 1. The topological polar surface area (TPSA) is 56.7 Å². The second-order valence-electron chi connectivity index (χ2n) is 6.33. The minimum Gasteiger partial charge on any atom is -0.359 e. The lowest BCUT2D eigenvalue weighted by Crippen LogP contribution is -2.46. The number of guanidine groups is 1. The third-order valence-corrected chi connectivity index (χ3v) is 5.32. The molecule has 0 saturated carbocycles. The molecule has 5 nitrogen and oxygen atoms in total. The molecule has 0 unspecified atom stereocenters. The molecule has 0 aromatic heterocycles. The van der Waals surface area contributed by atoms with E-state index in [9.17, 15) is 4.79 Å². The van der Waals surface area contributed by atoms with Crippen molar-refractivity contribution in [2.45, 2.75) is 37.6 Å². The Hall–Kier alpha value is -1.69. The van der Waals surface area contributed by atoms with Gasteiger partial charge in [0.15, 0.2) is 5.96 Å². The average Bonchev–Trinajstić information content (AvgIpc) is 2.66. The Balaban J connectivity index is 1.92. The Bertz CT molecular complexity index is 565. The standard InChI is InChI=1S/C19H30N4OS/c1-4-21-19(22-14-16-5-7-17(25-3)8-6-16)23-11-9-15(10-12-23)13-18(24)20-2/h5-8,15H,4,9-14H2,1-3H3,(H,20,24)(H,21,22). The van der Waals surface area contributed by atoms with Crippen molar-refractivity contribution < 1.29 is 4.79 Å². The summed E-state index contributed by atoms with van der Waals surface area (Å²) in [7, 11) is 1.71. The molecule has 1 amide bonds. The molecule has 0 aliphatic carbocycles. The van der Waals surface area contributed by atoms with Crippen LogP contribution in [0.4, 0.5) is 0 Å². The third kappa shape index (κ3) is 6.27. The quantitative estimate of drug-likeness (QED) is 0.464. The van der Waals surface area contributed by atoms with E-state index >= 15 is 0 Å². The number of thioether (sulfide) groups is 1. The lowest BCUT2D eigenvalue weighted by atomic mass is 9.93. The predicted octanol–water partition coefficient (Wildman–Crippen LogP) is 2.72. The first-order valence-corrected chi connectivity index (χ1v) is 10.3. The van der Waals surface area contributed by atoms with Crippen molar-refractivity contribution in [3.8, 4) is 0 Å². The van der Waals surface area contributed by atoms with Crippen LogP contribution in [0.5, 0.6) is 0 Å². The van der Waals surface area contributed by atoms with Crippen LogP contribution in [0.2, 0.25) is 0 Å². The van der Waals surface area contributed by atoms with E-state index in [4.69, 9.17) is 4.99 Å². The molecule has 0 bridgehead atoms. The molecule has 1 saturated heterocycles. The number of amides is 1. The molecule has 6 heteroatoms. The van der Waals surface area contributed by atoms with Gasteiger partial charge >= 0.3 is 0 Å². The molecule has 1 aliphatic heterocycles. The smallest absolute Gasteiger partial charge is 0.220 e. The summed E-state index contributed by atoms with van der Waals surface area (Å²) in [5.74, 6) is 1.61. The first kappa shape index (κ1) is 19.6. The van der Waals surface area contributed by atoms with Crippen molar-refractivity contribution in [2.75, 3.05) is 32.9 Å². The van der Waals surface area contributed by atoms with E-state index in [1.165, 1.54) is 10.5 Å². The number of benzene rings is 1. The summed E-state index contributed by atoms with van der Waals surface area (Å²) < 4.78 is 0. The summed E-state index contributed by atoms with van der Waals surface area (Å²) in [5, 5.41) is 6.13. The highest BCUT2D eigenvalue weighted by Gasteiger charge is 2.22. The van der Waals surface area contributed by atoms with Crippen LogP contribution >= 0.6 is 11.8 Å². The zero-order valence-corrected chi connectivity index (χ0v) is 16.4. The Labute approximate surface area is 155 Å². The van der Waals surface area contributed by atoms with E-state index in [1.54, 1.807) is 18.8 Å². The highest BCUT2D eigenvalue weighted by Crippen LogP contribution is 2.21. The molecule has 0 radical (unpaired) electrons. The van der Waals surface area contributed by atoms with Crippen LogP contribution in [0.1, 0.15) is 31.7 Å². The van der Waals surface area contributed by atoms with E-state index in [0.717, 1.165) is 38.4 Å². The van der Waals surface area contributed by atoms with Gasteiger partial charge in [-0.25, -0.2) is 4.99 Å². The number of nitrogens with zero attached hydrogens (tertiary/aromatic N) is 2. The molecule has 2 rings (SSSR count). The van der Waals surface area contributed by atoms with Crippen molar-refractivity contribution in [3.05, 3.63) is 29.8 Å². The first-order chi connectivity index (χ1) is 12.2. The summed E-state index contributed by atoms with van der Waals surface area (Å²) in [6.07, 6.45) is 4.81. The van der Waals surface area contributed by atoms with Gasteiger partial charge in [-0.1, -0.05) is 12.1 Å². The molecule has 0 spiro atoms. The Kier molecular flexibility index (Phi) is 8.12. The van der Waals surface area contributed by atoms with Crippen LogP contribution in [0, 0.1) is 5.92 Å². The van der Waals surface area contributed by atoms with Gasteiger partial charge in [-0.2, -0.15) is 0 Å². The number of aliphatic imine (C=N–C) groups is 1. The Morgan fingerprint density at radius 3 is 2.52 bits per heavy atom. The molecule has 1 aromatic carbocycles. The van der Waals surface area contributed by atoms with Crippen molar-refractivity contribution in [3.63, 3.8) is 0 Å². The number of hydrogen-bond donors (Lipinski definition) is 2. The average molecular weight is 363 g/mol. The van der Waals surface area contributed by atoms with E-state index < -0.39 is 0 Å². The summed E-state index contributed by atoms with van der Waals surface area (Å²) in [6.45, 7) is 5.57. The fourth-order valence-electron chi connectivity index (χ4n) is 3.04. The molecule has 1 aliphatic rings. The zero-order valence-electron chi connectivity index (χ0n) is 15.5. The van der Waals surface area contributed by atoms with Gasteiger partial charge in [0, 0.05) is 38.0 Å². The number of nitrogens with one attached hydrogen (secondary N) is 2. The second-order valence-corrected chi connectivity index (χ2v) is 7.21. The normalized spacial score (nSPS) is 16.0. The van der Waals surface area contributed by atoms with E-state index in [1.807, 2.05) is 0 Å². The zero-order chi connectivity index (χ0) is 18.1. The number of carbonyl (C=O) groups excluding carboxylic acids is 1. The van der Waals surface area contributed by atoms with Gasteiger partial charge in [0.05, 0.1) is 6.54 Å². The van der Waals surface area contributed by atoms with E-state index in [-0.39, 0.29) is 5.91 Å². The van der Waals surface area contributed by atoms with Gasteiger partial charge in [-0.05, 0) is 49.6 Å². The molecule has 0 atom stereocenters. The number of likely N-dealkylation sites (tertiary alicyclic amines) is 1. The SMILES string of the molecule is CCNC(=NCc1ccc(SC)cc1)N1CCC(CC(=O)NC)CC1. The molecule has 1 heterocycles. The lowest BCUT2D eigenvalue weighted by Gasteiger charge is -2.34. The summed E-state index contributed by atoms with van der Waals surface area (Å²) in [5.41, 5.74) is 1.22. The van der Waals surface area contributed by atoms with Gasteiger partial charge in [0.2, 0.25) is 5.91 Å². The van der Waals surface area contributed by atoms with E-state index in [2.05, 4.69) is 53.0 Å². The third-order valence-electron chi connectivity index (χ3n) is 4.57. The number of piperidine rings is 1. The number of hydrogen-bond acceptors (Lipinski definition) is 3. The molecular formula is C19H30N4OS. The molecule has 25 heavy (non-hydrogen) atoms. The van der Waals surface area contributed by atoms with Crippen molar-refractivity contribution >= 4 is 23.6 Å². The van der Waals surface area contributed by atoms with Crippen molar-refractivity contribution in [1.29, 1.82) is 0 Å². The highest BCUT2D eigenvalue weighted by atomic mass is 32.2. The summed E-state index contributed by atoms with van der Waals surface area (Å²) in [6, 6.07) is 8.59. The Morgan fingerprint density at radius 1 is 1.28 bits per heavy atom. The molecule has 2 N–H and O–H groups in total. The van der Waals surface area contributed by atoms with Gasteiger partial charge < -0.3 is 15.5 Å². The van der Waals surface area contributed by atoms with Crippen LogP contribution in [-0.2, 0) is 11.3 Å². The fourth-order valence-corrected chi connectivity index (χ4v) is 3.44. The first-order valence-electron chi connectivity index (χ1n) is 9.03. The van der Waals surface area contributed by atoms with E-state index in [0.29, 0.717) is 18.9 Å². The maximum Gasteiger partial charge on any atom is 0.220 e. The molecule has 138 valence electrons.